The minimum Gasteiger partial charge on any atom is -0.300 e. The first kappa shape index (κ1) is 14.3. The fourth-order valence-electron chi connectivity index (χ4n) is 2.28. The molecule has 0 aromatic heterocycles. The zero-order valence-corrected chi connectivity index (χ0v) is 12.3. The van der Waals surface area contributed by atoms with Crippen LogP contribution in [-0.2, 0) is 0 Å². The molecule has 3 heteroatoms. The smallest absolute Gasteiger partial charge is 0.0126 e. The average Bonchev–Trinajstić information content (AvgIpc) is 2.25. The van der Waals surface area contributed by atoms with Gasteiger partial charge in [-0.2, -0.15) is 12.6 Å². The van der Waals surface area contributed by atoms with E-state index < -0.39 is 0 Å². The van der Waals surface area contributed by atoms with Crippen LogP contribution in [0.4, 0.5) is 0 Å². The van der Waals surface area contributed by atoms with Gasteiger partial charge >= 0.3 is 0 Å². The van der Waals surface area contributed by atoms with Gasteiger partial charge in [-0.3, -0.25) is 4.90 Å². The van der Waals surface area contributed by atoms with E-state index in [1.807, 2.05) is 0 Å². The Labute approximate surface area is 107 Å². The van der Waals surface area contributed by atoms with Crippen LogP contribution < -0.4 is 0 Å². The highest BCUT2D eigenvalue weighted by Crippen LogP contribution is 2.17. The van der Waals surface area contributed by atoms with Gasteiger partial charge in [0.1, 0.15) is 0 Å². The van der Waals surface area contributed by atoms with Crippen LogP contribution >= 0.6 is 12.6 Å². The molecule has 0 aromatic rings. The highest BCUT2D eigenvalue weighted by Gasteiger charge is 2.26. The van der Waals surface area contributed by atoms with Crippen molar-refractivity contribution >= 4 is 12.6 Å². The molecule has 1 saturated heterocycles. The quantitative estimate of drug-likeness (QED) is 0.759. The first-order chi connectivity index (χ1) is 7.47. The number of hydrogen-bond acceptors (Lipinski definition) is 3. The predicted octanol–water partition coefficient (Wildman–Crippen LogP) is 2.36. The van der Waals surface area contributed by atoms with Gasteiger partial charge in [0, 0.05) is 38.3 Å². The maximum Gasteiger partial charge on any atom is 0.0126 e. The largest absolute Gasteiger partial charge is 0.300 e. The van der Waals surface area contributed by atoms with Crippen LogP contribution in [0.5, 0.6) is 0 Å². The van der Waals surface area contributed by atoms with Crippen molar-refractivity contribution in [1.29, 1.82) is 0 Å². The number of thiol groups is 1. The third kappa shape index (κ3) is 4.27. The molecule has 96 valence electrons. The van der Waals surface area contributed by atoms with Gasteiger partial charge in [-0.05, 0) is 32.4 Å². The third-order valence-corrected chi connectivity index (χ3v) is 4.19. The lowest BCUT2D eigenvalue weighted by atomic mass is 10.0. The Hall–Kier alpha value is 0.270. The zero-order valence-electron chi connectivity index (χ0n) is 11.4. The maximum absolute atomic E-state index is 4.42. The van der Waals surface area contributed by atoms with Crippen molar-refractivity contribution in [2.45, 2.75) is 39.7 Å². The van der Waals surface area contributed by atoms with E-state index in [4.69, 9.17) is 0 Å². The van der Waals surface area contributed by atoms with E-state index in [2.05, 4.69) is 50.1 Å². The van der Waals surface area contributed by atoms with Crippen LogP contribution in [0.2, 0.25) is 0 Å². The van der Waals surface area contributed by atoms with E-state index in [-0.39, 0.29) is 0 Å². The summed E-state index contributed by atoms with van der Waals surface area (Å²) in [6.45, 7) is 15.3. The fraction of sp³-hybridized carbons (Fsp3) is 1.00. The molecule has 1 unspecified atom stereocenters. The molecule has 16 heavy (non-hydrogen) atoms. The van der Waals surface area contributed by atoms with E-state index in [9.17, 15) is 0 Å². The Morgan fingerprint density at radius 1 is 1.12 bits per heavy atom. The van der Waals surface area contributed by atoms with E-state index in [0.717, 1.165) is 11.7 Å². The number of piperazine rings is 1. The molecular formula is C13H28N2S. The molecule has 0 amide bonds. The molecule has 1 fully saturated rings. The van der Waals surface area contributed by atoms with E-state index >= 15 is 0 Å². The Morgan fingerprint density at radius 3 is 2.06 bits per heavy atom. The summed E-state index contributed by atoms with van der Waals surface area (Å²) in [5.41, 5.74) is 0.333. The van der Waals surface area contributed by atoms with Crippen LogP contribution in [-0.4, -0.2) is 53.8 Å². The second kappa shape index (κ2) is 6.27. The minimum absolute atomic E-state index is 0.333. The van der Waals surface area contributed by atoms with Gasteiger partial charge in [-0.1, -0.05) is 13.3 Å². The molecule has 0 aliphatic carbocycles. The second-order valence-corrected chi connectivity index (χ2v) is 6.28. The molecule has 0 N–H and O–H groups in total. The zero-order chi connectivity index (χ0) is 12.2. The predicted molar refractivity (Wildman–Crippen MR) is 75.4 cm³/mol. The lowest BCUT2D eigenvalue weighted by molar-refractivity contribution is 0.0565. The lowest BCUT2D eigenvalue weighted by Gasteiger charge is -2.43. The van der Waals surface area contributed by atoms with Gasteiger partial charge < -0.3 is 4.90 Å². The van der Waals surface area contributed by atoms with Crippen LogP contribution in [0, 0.1) is 5.92 Å². The highest BCUT2D eigenvalue weighted by molar-refractivity contribution is 7.80. The number of hydrogen-bond donors (Lipinski definition) is 1. The Bertz CT molecular complexity index is 189. The molecule has 1 heterocycles. The van der Waals surface area contributed by atoms with Crippen molar-refractivity contribution in [3.05, 3.63) is 0 Å². The summed E-state index contributed by atoms with van der Waals surface area (Å²) in [4.78, 5) is 5.19. The fourth-order valence-corrected chi connectivity index (χ4v) is 2.66. The Morgan fingerprint density at radius 2 is 1.69 bits per heavy atom. The van der Waals surface area contributed by atoms with E-state index in [1.54, 1.807) is 0 Å². The van der Waals surface area contributed by atoms with Gasteiger partial charge in [0.25, 0.3) is 0 Å². The van der Waals surface area contributed by atoms with Gasteiger partial charge in [-0.15, -0.1) is 0 Å². The molecule has 0 spiro atoms. The molecule has 1 aliphatic rings. The molecule has 0 aromatic carbocycles. The summed E-state index contributed by atoms with van der Waals surface area (Å²) in [7, 11) is 0. The van der Waals surface area contributed by atoms with Gasteiger partial charge in [0.15, 0.2) is 0 Å². The Balaban J connectivity index is 2.32. The standard InChI is InChI=1S/C13H28N2S/c1-5-12(11-16)10-14-6-8-15(9-7-14)13(2,3)4/h12,16H,5-11H2,1-4H3. The van der Waals surface area contributed by atoms with Crippen LogP contribution in [0.3, 0.4) is 0 Å². The van der Waals surface area contributed by atoms with Crippen molar-refractivity contribution in [3.8, 4) is 0 Å². The van der Waals surface area contributed by atoms with Crippen LogP contribution in [0.25, 0.3) is 0 Å². The molecule has 0 saturated carbocycles. The molecule has 1 rings (SSSR count). The monoisotopic (exact) mass is 244 g/mol. The molecule has 1 atom stereocenters. The van der Waals surface area contributed by atoms with Gasteiger partial charge in [0.05, 0.1) is 0 Å². The van der Waals surface area contributed by atoms with Crippen molar-refractivity contribution in [2.24, 2.45) is 5.92 Å². The molecule has 0 bridgehead atoms. The van der Waals surface area contributed by atoms with Crippen LogP contribution in [0.15, 0.2) is 0 Å². The molecule has 0 radical (unpaired) electrons. The summed E-state index contributed by atoms with van der Waals surface area (Å²) >= 11 is 4.42. The first-order valence-electron chi connectivity index (χ1n) is 6.55. The summed E-state index contributed by atoms with van der Waals surface area (Å²) in [5, 5.41) is 0. The minimum atomic E-state index is 0.333. The van der Waals surface area contributed by atoms with Crippen molar-refractivity contribution in [1.82, 2.24) is 9.80 Å². The van der Waals surface area contributed by atoms with Crippen molar-refractivity contribution < 1.29 is 0 Å². The summed E-state index contributed by atoms with van der Waals surface area (Å²) in [6, 6.07) is 0. The lowest BCUT2D eigenvalue weighted by Crippen LogP contribution is -2.54. The number of rotatable bonds is 4. The summed E-state index contributed by atoms with van der Waals surface area (Å²) in [6.07, 6.45) is 1.25. The van der Waals surface area contributed by atoms with E-state index in [0.29, 0.717) is 5.54 Å². The van der Waals surface area contributed by atoms with Crippen molar-refractivity contribution in [2.75, 3.05) is 38.5 Å². The molecule has 1 aliphatic heterocycles. The van der Waals surface area contributed by atoms with Gasteiger partial charge in [0.2, 0.25) is 0 Å². The second-order valence-electron chi connectivity index (χ2n) is 5.92. The normalized spacial score (nSPS) is 22.3. The molecular weight excluding hydrogens is 216 g/mol. The Kier molecular flexibility index (Phi) is 5.62. The third-order valence-electron chi connectivity index (χ3n) is 3.67. The van der Waals surface area contributed by atoms with E-state index in [1.165, 1.54) is 39.1 Å². The summed E-state index contributed by atoms with van der Waals surface area (Å²) < 4.78 is 0. The first-order valence-corrected chi connectivity index (χ1v) is 7.19. The highest BCUT2D eigenvalue weighted by atomic mass is 32.1. The van der Waals surface area contributed by atoms with Gasteiger partial charge in [-0.25, -0.2) is 0 Å². The van der Waals surface area contributed by atoms with Crippen LogP contribution in [0.1, 0.15) is 34.1 Å². The maximum atomic E-state index is 4.42. The van der Waals surface area contributed by atoms with Crippen molar-refractivity contribution in [3.63, 3.8) is 0 Å². The topological polar surface area (TPSA) is 6.48 Å². The SMILES string of the molecule is CCC(CS)CN1CCN(C(C)(C)C)CC1. The number of nitrogens with zero attached hydrogens (tertiary/aromatic N) is 2. The summed E-state index contributed by atoms with van der Waals surface area (Å²) in [5.74, 6) is 1.79. The average molecular weight is 244 g/mol. The molecule has 2 nitrogen and oxygen atoms in total.